The monoisotopic (exact) mass is 422 g/mol. The average molecular weight is 422 g/mol. The maximum absolute atomic E-state index is 13.5. The van der Waals surface area contributed by atoms with Crippen molar-refractivity contribution in [3.8, 4) is 0 Å². The SMILES string of the molecule is C[C@@H](C(=O)Nc1ccc(C(F)(F)F)cc1)N(c1ccc(F)c(F)c1)S(C)(=O)=O. The molecule has 2 aromatic rings. The molecule has 0 aliphatic rings. The first-order chi connectivity index (χ1) is 12.8. The van der Waals surface area contributed by atoms with E-state index in [0.717, 1.165) is 36.6 Å². The average Bonchev–Trinajstić information content (AvgIpc) is 2.56. The summed E-state index contributed by atoms with van der Waals surface area (Å²) in [5.41, 5.74) is -1.20. The van der Waals surface area contributed by atoms with Crippen LogP contribution in [0.2, 0.25) is 0 Å². The fourth-order valence-corrected chi connectivity index (χ4v) is 3.59. The predicted octanol–water partition coefficient (Wildman–Crippen LogP) is 3.78. The Labute approximate surface area is 157 Å². The van der Waals surface area contributed by atoms with Crippen LogP contribution in [0.5, 0.6) is 0 Å². The number of alkyl halides is 3. The van der Waals surface area contributed by atoms with Gasteiger partial charge in [-0.05, 0) is 43.3 Å². The van der Waals surface area contributed by atoms with Gasteiger partial charge in [-0.1, -0.05) is 0 Å². The lowest BCUT2D eigenvalue weighted by molar-refractivity contribution is -0.137. The van der Waals surface area contributed by atoms with E-state index in [4.69, 9.17) is 0 Å². The number of benzene rings is 2. The lowest BCUT2D eigenvalue weighted by Gasteiger charge is -2.28. The number of hydrogen-bond donors (Lipinski definition) is 1. The van der Waals surface area contributed by atoms with Crippen LogP contribution in [0.3, 0.4) is 0 Å². The van der Waals surface area contributed by atoms with Crippen LogP contribution in [0, 0.1) is 11.6 Å². The van der Waals surface area contributed by atoms with Gasteiger partial charge in [-0.15, -0.1) is 0 Å². The molecule has 1 amide bonds. The summed E-state index contributed by atoms with van der Waals surface area (Å²) in [5, 5.41) is 2.29. The summed E-state index contributed by atoms with van der Waals surface area (Å²) in [7, 11) is -4.08. The second kappa shape index (κ2) is 7.74. The fraction of sp³-hybridized carbons (Fsp3) is 0.235. The van der Waals surface area contributed by atoms with Gasteiger partial charge in [0.2, 0.25) is 15.9 Å². The molecule has 152 valence electrons. The van der Waals surface area contributed by atoms with Gasteiger partial charge >= 0.3 is 6.18 Å². The van der Waals surface area contributed by atoms with Gasteiger partial charge in [-0.2, -0.15) is 13.2 Å². The summed E-state index contributed by atoms with van der Waals surface area (Å²) in [5.74, 6) is -3.38. The van der Waals surface area contributed by atoms with Crippen LogP contribution < -0.4 is 9.62 Å². The molecule has 0 saturated heterocycles. The number of hydrogen-bond acceptors (Lipinski definition) is 3. The van der Waals surface area contributed by atoms with Crippen LogP contribution in [0.1, 0.15) is 12.5 Å². The van der Waals surface area contributed by atoms with Crippen molar-refractivity contribution in [3.05, 3.63) is 59.7 Å². The molecular weight excluding hydrogens is 407 g/mol. The molecule has 0 aromatic heterocycles. The van der Waals surface area contributed by atoms with E-state index in [9.17, 15) is 35.2 Å². The lowest BCUT2D eigenvalue weighted by Crippen LogP contribution is -2.45. The molecule has 0 aliphatic heterocycles. The Hall–Kier alpha value is -2.69. The van der Waals surface area contributed by atoms with Gasteiger partial charge in [0.05, 0.1) is 17.5 Å². The van der Waals surface area contributed by atoms with E-state index < -0.39 is 45.3 Å². The largest absolute Gasteiger partial charge is 0.416 e. The number of rotatable bonds is 5. The van der Waals surface area contributed by atoms with Crippen molar-refractivity contribution in [1.29, 1.82) is 0 Å². The standard InChI is InChI=1S/C17H15F5N2O3S/c1-10(16(25)23-12-5-3-11(4-6-12)17(20,21)22)24(28(2,26)27)13-7-8-14(18)15(19)9-13/h3-10H,1-2H3,(H,23,25)/t10-/m0/s1. The molecule has 0 heterocycles. The Bertz CT molecular complexity index is 975. The molecule has 1 N–H and O–H groups in total. The van der Waals surface area contributed by atoms with Crippen LogP contribution in [0.4, 0.5) is 33.3 Å². The van der Waals surface area contributed by atoms with Gasteiger partial charge in [0.25, 0.3) is 0 Å². The number of nitrogens with zero attached hydrogens (tertiary/aromatic N) is 1. The Morgan fingerprint density at radius 1 is 1.04 bits per heavy atom. The molecule has 0 saturated carbocycles. The third-order valence-electron chi connectivity index (χ3n) is 3.73. The first-order valence-corrected chi connectivity index (χ1v) is 9.58. The van der Waals surface area contributed by atoms with Gasteiger partial charge in [-0.25, -0.2) is 17.2 Å². The van der Waals surface area contributed by atoms with Crippen LogP contribution in [-0.4, -0.2) is 26.6 Å². The van der Waals surface area contributed by atoms with Gasteiger partial charge in [0, 0.05) is 11.8 Å². The number of carbonyl (C=O) groups excluding carboxylic acids is 1. The van der Waals surface area contributed by atoms with E-state index in [1.807, 2.05) is 0 Å². The van der Waals surface area contributed by atoms with Gasteiger partial charge in [0.15, 0.2) is 11.6 Å². The lowest BCUT2D eigenvalue weighted by atomic mass is 10.2. The van der Waals surface area contributed by atoms with Gasteiger partial charge in [0.1, 0.15) is 6.04 Å². The molecule has 0 spiro atoms. The minimum Gasteiger partial charge on any atom is -0.324 e. The molecule has 0 unspecified atom stereocenters. The first-order valence-electron chi connectivity index (χ1n) is 7.73. The van der Waals surface area contributed by atoms with Crippen LogP contribution >= 0.6 is 0 Å². The van der Waals surface area contributed by atoms with E-state index in [1.54, 1.807) is 0 Å². The zero-order valence-electron chi connectivity index (χ0n) is 14.6. The van der Waals surface area contributed by atoms with E-state index in [0.29, 0.717) is 16.4 Å². The summed E-state index contributed by atoms with van der Waals surface area (Å²) >= 11 is 0. The summed E-state index contributed by atoms with van der Waals surface area (Å²) in [6, 6.07) is 4.45. The molecule has 0 aliphatic carbocycles. The van der Waals surface area contributed by atoms with E-state index in [-0.39, 0.29) is 11.4 Å². The number of sulfonamides is 1. The Morgan fingerprint density at radius 3 is 2.07 bits per heavy atom. The van der Waals surface area contributed by atoms with Crippen molar-refractivity contribution in [2.45, 2.75) is 19.1 Å². The van der Waals surface area contributed by atoms with E-state index in [1.165, 1.54) is 6.92 Å². The third-order valence-corrected chi connectivity index (χ3v) is 4.97. The van der Waals surface area contributed by atoms with Crippen LogP contribution in [0.15, 0.2) is 42.5 Å². The molecule has 2 aromatic carbocycles. The van der Waals surface area contributed by atoms with Crippen molar-refractivity contribution in [3.63, 3.8) is 0 Å². The molecule has 1 atom stereocenters. The minimum absolute atomic E-state index is 0.00332. The van der Waals surface area contributed by atoms with Gasteiger partial charge < -0.3 is 5.32 Å². The summed E-state index contributed by atoms with van der Waals surface area (Å²) in [6.07, 6.45) is -3.77. The molecule has 11 heteroatoms. The molecule has 2 rings (SSSR count). The predicted molar refractivity (Wildman–Crippen MR) is 93.2 cm³/mol. The Morgan fingerprint density at radius 2 is 1.61 bits per heavy atom. The highest BCUT2D eigenvalue weighted by Crippen LogP contribution is 2.30. The molecule has 0 fully saturated rings. The van der Waals surface area contributed by atoms with E-state index >= 15 is 0 Å². The number of nitrogens with one attached hydrogen (secondary N) is 1. The zero-order chi connectivity index (χ0) is 21.3. The highest BCUT2D eigenvalue weighted by Gasteiger charge is 2.31. The van der Waals surface area contributed by atoms with Crippen LogP contribution in [0.25, 0.3) is 0 Å². The Balaban J connectivity index is 2.28. The van der Waals surface area contributed by atoms with Crippen molar-refractivity contribution < 1.29 is 35.2 Å². The smallest absolute Gasteiger partial charge is 0.324 e. The van der Waals surface area contributed by atoms with Crippen molar-refractivity contribution in [2.75, 3.05) is 15.9 Å². The first kappa shape index (κ1) is 21.6. The van der Waals surface area contributed by atoms with Crippen molar-refractivity contribution >= 4 is 27.3 Å². The van der Waals surface area contributed by atoms with Gasteiger partial charge in [-0.3, -0.25) is 9.10 Å². The quantitative estimate of drug-likeness (QED) is 0.746. The summed E-state index contributed by atoms with van der Waals surface area (Å²) in [4.78, 5) is 12.4. The highest BCUT2D eigenvalue weighted by atomic mass is 32.2. The van der Waals surface area contributed by atoms with Crippen molar-refractivity contribution in [1.82, 2.24) is 0 Å². The second-order valence-corrected chi connectivity index (χ2v) is 7.76. The second-order valence-electron chi connectivity index (χ2n) is 5.90. The van der Waals surface area contributed by atoms with Crippen LogP contribution in [-0.2, 0) is 21.0 Å². The minimum atomic E-state index is -4.55. The summed E-state index contributed by atoms with van der Waals surface area (Å²) < 4.78 is 89.1. The van der Waals surface area contributed by atoms with Crippen molar-refractivity contribution in [2.24, 2.45) is 0 Å². The molecule has 28 heavy (non-hydrogen) atoms. The van der Waals surface area contributed by atoms with E-state index in [2.05, 4.69) is 5.32 Å². The zero-order valence-corrected chi connectivity index (χ0v) is 15.4. The maximum atomic E-state index is 13.5. The maximum Gasteiger partial charge on any atom is 0.416 e. The third kappa shape index (κ3) is 4.97. The normalized spacial score (nSPS) is 13.1. The summed E-state index contributed by atoms with van der Waals surface area (Å²) in [6.45, 7) is 1.20. The fourth-order valence-electron chi connectivity index (χ4n) is 2.42. The number of amides is 1. The number of carbonyl (C=O) groups is 1. The highest BCUT2D eigenvalue weighted by molar-refractivity contribution is 7.92. The molecular formula is C17H15F5N2O3S. The topological polar surface area (TPSA) is 66.5 Å². The molecule has 5 nitrogen and oxygen atoms in total. The molecule has 0 bridgehead atoms. The Kier molecular flexibility index (Phi) is 5.97. The number of halogens is 5. The number of anilines is 2. The molecule has 0 radical (unpaired) electrons.